The lowest BCUT2D eigenvalue weighted by Crippen LogP contribution is -2.04. The molecular formula is C41H31N3O. The molecule has 2 aromatic heterocycles. The Kier molecular flexibility index (Phi) is 6.19. The molecule has 1 fully saturated rings. The first kappa shape index (κ1) is 26.1. The second-order valence-corrected chi connectivity index (χ2v) is 12.2. The maximum absolute atomic E-state index is 6.44. The van der Waals surface area contributed by atoms with Crippen LogP contribution in [-0.2, 0) is 0 Å². The van der Waals surface area contributed by atoms with Gasteiger partial charge in [-0.2, -0.15) is 0 Å². The summed E-state index contributed by atoms with van der Waals surface area (Å²) >= 11 is 0. The smallest absolute Gasteiger partial charge is 0.167 e. The molecule has 45 heavy (non-hydrogen) atoms. The van der Waals surface area contributed by atoms with Crippen LogP contribution in [-0.4, -0.2) is 15.0 Å². The van der Waals surface area contributed by atoms with Crippen molar-refractivity contribution in [1.82, 2.24) is 15.0 Å². The topological polar surface area (TPSA) is 51.8 Å². The molecule has 0 N–H and O–H groups in total. The molecular weight excluding hydrogens is 550 g/mol. The Morgan fingerprint density at radius 1 is 0.489 bits per heavy atom. The SMILES string of the molecule is c1ccc2c(c1)ccc1cccc(-c3nc(-c4ccc(C5CCCCC5)cc4)nc(-c4cccc5c4oc4ccccc45)n3)c12. The van der Waals surface area contributed by atoms with E-state index >= 15 is 0 Å². The van der Waals surface area contributed by atoms with Crippen LogP contribution in [0.2, 0.25) is 0 Å². The normalized spacial score (nSPS) is 14.1. The van der Waals surface area contributed by atoms with Gasteiger partial charge in [-0.3, -0.25) is 0 Å². The molecule has 0 saturated heterocycles. The average molecular weight is 582 g/mol. The largest absolute Gasteiger partial charge is 0.455 e. The fourth-order valence-corrected chi connectivity index (χ4v) is 7.26. The van der Waals surface area contributed by atoms with Crippen molar-refractivity contribution >= 4 is 43.5 Å². The van der Waals surface area contributed by atoms with Crippen LogP contribution in [0.15, 0.2) is 126 Å². The minimum atomic E-state index is 0.605. The first-order valence-electron chi connectivity index (χ1n) is 16.0. The Hall–Kier alpha value is -5.35. The zero-order valence-corrected chi connectivity index (χ0v) is 24.9. The lowest BCUT2D eigenvalue weighted by atomic mass is 9.84. The zero-order chi connectivity index (χ0) is 29.7. The Labute approximate surface area is 261 Å². The molecule has 1 aliphatic rings. The summed E-state index contributed by atoms with van der Waals surface area (Å²) in [5.41, 5.74) is 5.90. The van der Waals surface area contributed by atoms with Crippen molar-refractivity contribution in [2.75, 3.05) is 0 Å². The van der Waals surface area contributed by atoms with E-state index in [4.69, 9.17) is 19.4 Å². The van der Waals surface area contributed by atoms with Crippen LogP contribution in [0.1, 0.15) is 43.6 Å². The Morgan fingerprint density at radius 3 is 2.00 bits per heavy atom. The number of rotatable bonds is 4. The summed E-state index contributed by atoms with van der Waals surface area (Å²) in [5.74, 6) is 2.57. The molecule has 0 radical (unpaired) electrons. The second-order valence-electron chi connectivity index (χ2n) is 12.2. The summed E-state index contributed by atoms with van der Waals surface area (Å²) in [6.07, 6.45) is 6.54. The molecule has 0 bridgehead atoms. The second kappa shape index (κ2) is 10.7. The monoisotopic (exact) mass is 581 g/mol. The van der Waals surface area contributed by atoms with Gasteiger partial charge in [-0.15, -0.1) is 0 Å². The van der Waals surface area contributed by atoms with Crippen molar-refractivity contribution in [3.8, 4) is 34.2 Å². The number of hydrogen-bond donors (Lipinski definition) is 0. The van der Waals surface area contributed by atoms with Gasteiger partial charge in [0.2, 0.25) is 0 Å². The van der Waals surface area contributed by atoms with Gasteiger partial charge in [0.1, 0.15) is 11.2 Å². The van der Waals surface area contributed by atoms with Gasteiger partial charge in [0.05, 0.1) is 5.56 Å². The molecule has 2 heterocycles. The van der Waals surface area contributed by atoms with Gasteiger partial charge < -0.3 is 4.42 Å². The molecule has 216 valence electrons. The lowest BCUT2D eigenvalue weighted by Gasteiger charge is -2.22. The van der Waals surface area contributed by atoms with Crippen molar-refractivity contribution in [1.29, 1.82) is 0 Å². The third kappa shape index (κ3) is 4.48. The summed E-state index contributed by atoms with van der Waals surface area (Å²) < 4.78 is 6.44. The lowest BCUT2D eigenvalue weighted by molar-refractivity contribution is 0.443. The summed E-state index contributed by atoms with van der Waals surface area (Å²) in [6, 6.07) is 42.6. The molecule has 1 saturated carbocycles. The predicted molar refractivity (Wildman–Crippen MR) is 184 cm³/mol. The first-order chi connectivity index (χ1) is 22.3. The highest BCUT2D eigenvalue weighted by molar-refractivity contribution is 6.14. The average Bonchev–Trinajstić information content (AvgIpc) is 3.50. The molecule has 0 amide bonds. The highest BCUT2D eigenvalue weighted by atomic mass is 16.3. The quantitative estimate of drug-likeness (QED) is 0.194. The number of fused-ring (bicyclic) bond motifs is 6. The van der Waals surface area contributed by atoms with E-state index in [1.807, 2.05) is 18.2 Å². The van der Waals surface area contributed by atoms with Crippen LogP contribution in [0.3, 0.4) is 0 Å². The molecule has 0 aliphatic heterocycles. The fraction of sp³-hybridized carbons (Fsp3) is 0.146. The predicted octanol–water partition coefficient (Wildman–Crippen LogP) is 11.1. The van der Waals surface area contributed by atoms with E-state index in [-0.39, 0.29) is 0 Å². The summed E-state index contributed by atoms with van der Waals surface area (Å²) in [7, 11) is 0. The Morgan fingerprint density at radius 2 is 1.13 bits per heavy atom. The van der Waals surface area contributed by atoms with E-state index in [0.29, 0.717) is 23.4 Å². The van der Waals surface area contributed by atoms with Crippen LogP contribution in [0.4, 0.5) is 0 Å². The highest BCUT2D eigenvalue weighted by Crippen LogP contribution is 2.38. The summed E-state index contributed by atoms with van der Waals surface area (Å²) in [5, 5.41) is 6.82. The van der Waals surface area contributed by atoms with Gasteiger partial charge in [-0.05, 0) is 52.6 Å². The number of hydrogen-bond acceptors (Lipinski definition) is 4. The van der Waals surface area contributed by atoms with Gasteiger partial charge in [0.25, 0.3) is 0 Å². The van der Waals surface area contributed by atoms with Gasteiger partial charge >= 0.3 is 0 Å². The third-order valence-electron chi connectivity index (χ3n) is 9.54. The molecule has 8 aromatic rings. The van der Waals surface area contributed by atoms with Crippen LogP contribution >= 0.6 is 0 Å². The number of nitrogens with zero attached hydrogens (tertiary/aromatic N) is 3. The number of benzene rings is 6. The van der Waals surface area contributed by atoms with Gasteiger partial charge in [-0.25, -0.2) is 15.0 Å². The highest BCUT2D eigenvalue weighted by Gasteiger charge is 2.20. The molecule has 0 atom stereocenters. The van der Waals surface area contributed by atoms with Crippen molar-refractivity contribution in [3.63, 3.8) is 0 Å². The maximum Gasteiger partial charge on any atom is 0.167 e. The van der Waals surface area contributed by atoms with E-state index < -0.39 is 0 Å². The number of para-hydroxylation sites is 2. The minimum absolute atomic E-state index is 0.605. The molecule has 4 heteroatoms. The molecule has 9 rings (SSSR count). The molecule has 6 aromatic carbocycles. The zero-order valence-electron chi connectivity index (χ0n) is 24.9. The first-order valence-corrected chi connectivity index (χ1v) is 16.0. The van der Waals surface area contributed by atoms with Crippen LogP contribution < -0.4 is 0 Å². The van der Waals surface area contributed by atoms with Gasteiger partial charge in [-0.1, -0.05) is 128 Å². The van der Waals surface area contributed by atoms with Crippen LogP contribution in [0.25, 0.3) is 77.6 Å². The maximum atomic E-state index is 6.44. The number of aromatic nitrogens is 3. The molecule has 0 spiro atoms. The summed E-state index contributed by atoms with van der Waals surface area (Å²) in [6.45, 7) is 0. The van der Waals surface area contributed by atoms with E-state index in [1.165, 1.54) is 48.4 Å². The number of furan rings is 1. The van der Waals surface area contributed by atoms with Crippen molar-refractivity contribution < 1.29 is 4.42 Å². The standard InChI is InChI=1S/C41H31N3O/c1-2-10-26(11-3-1)27-20-24-30(25-21-27)39-42-40(34-17-8-13-29-23-22-28-12-4-5-14-31(28)37(29)34)44-41(43-39)35-18-9-16-33-32-15-6-7-19-36(32)45-38(33)35/h4-9,12-26H,1-3,10-11H2. The van der Waals surface area contributed by atoms with E-state index in [0.717, 1.165) is 49.4 Å². The summed E-state index contributed by atoms with van der Waals surface area (Å²) in [4.78, 5) is 15.5. The van der Waals surface area contributed by atoms with E-state index in [2.05, 4.69) is 103 Å². The fourth-order valence-electron chi connectivity index (χ4n) is 7.26. The van der Waals surface area contributed by atoms with E-state index in [1.54, 1.807) is 0 Å². The van der Waals surface area contributed by atoms with Crippen molar-refractivity contribution in [3.05, 3.63) is 127 Å². The van der Waals surface area contributed by atoms with Crippen molar-refractivity contribution in [2.24, 2.45) is 0 Å². The molecule has 0 unspecified atom stereocenters. The van der Waals surface area contributed by atoms with Gasteiger partial charge in [0.15, 0.2) is 17.5 Å². The molecule has 4 nitrogen and oxygen atoms in total. The van der Waals surface area contributed by atoms with Gasteiger partial charge in [0, 0.05) is 27.3 Å². The molecule has 1 aliphatic carbocycles. The Bertz CT molecular complexity index is 2360. The van der Waals surface area contributed by atoms with E-state index in [9.17, 15) is 0 Å². The minimum Gasteiger partial charge on any atom is -0.455 e. The van der Waals surface area contributed by atoms with Crippen LogP contribution in [0.5, 0.6) is 0 Å². The Balaban J connectivity index is 1.28. The third-order valence-corrected chi connectivity index (χ3v) is 9.54. The van der Waals surface area contributed by atoms with Crippen LogP contribution in [0, 0.1) is 0 Å². The van der Waals surface area contributed by atoms with Crippen molar-refractivity contribution in [2.45, 2.75) is 38.0 Å².